The van der Waals surface area contributed by atoms with E-state index in [2.05, 4.69) is 6.08 Å². The number of aliphatic hydroxyl groups is 1. The van der Waals surface area contributed by atoms with E-state index in [9.17, 15) is 19.5 Å². The Kier molecular flexibility index (Phi) is 7.71. The van der Waals surface area contributed by atoms with Crippen molar-refractivity contribution in [3.05, 3.63) is 53.6 Å². The van der Waals surface area contributed by atoms with E-state index in [1.807, 2.05) is 57.2 Å². The van der Waals surface area contributed by atoms with E-state index < -0.39 is 35.0 Å². The zero-order valence-corrected chi connectivity index (χ0v) is 23.2. The Morgan fingerprint density at radius 1 is 1.03 bits per heavy atom. The van der Waals surface area contributed by atoms with Gasteiger partial charge in [-0.15, -0.1) is 0 Å². The predicted molar refractivity (Wildman–Crippen MR) is 147 cm³/mol. The molecule has 4 heterocycles. The van der Waals surface area contributed by atoms with Crippen molar-refractivity contribution in [2.45, 2.75) is 76.5 Å². The highest BCUT2D eigenvalue weighted by Gasteiger charge is 2.75. The van der Waals surface area contributed by atoms with Gasteiger partial charge in [0.15, 0.2) is 0 Å². The minimum absolute atomic E-state index is 0.00107. The Balaban J connectivity index is 1.65. The summed E-state index contributed by atoms with van der Waals surface area (Å²) in [5, 5.41) is 9.42. The van der Waals surface area contributed by atoms with Gasteiger partial charge in [0.1, 0.15) is 23.2 Å². The molecule has 1 aromatic rings. The van der Waals surface area contributed by atoms with Crippen LogP contribution in [0, 0.1) is 25.7 Å². The van der Waals surface area contributed by atoms with Crippen LogP contribution >= 0.6 is 0 Å². The fraction of sp³-hybridized carbons (Fsp3) is 0.581. The van der Waals surface area contributed by atoms with Gasteiger partial charge in [-0.25, -0.2) is 0 Å². The molecule has 4 aliphatic rings. The first-order valence-electron chi connectivity index (χ1n) is 14.3. The number of rotatable bonds is 6. The lowest BCUT2D eigenvalue weighted by atomic mass is 9.73. The highest BCUT2D eigenvalue weighted by molar-refractivity contribution is 6.06. The zero-order chi connectivity index (χ0) is 27.8. The zero-order valence-electron chi connectivity index (χ0n) is 23.2. The molecule has 5 atom stereocenters. The van der Waals surface area contributed by atoms with Crippen molar-refractivity contribution in [3.8, 4) is 0 Å². The predicted octanol–water partition coefficient (Wildman–Crippen LogP) is 3.62. The number of allylic oxidation sites excluding steroid dienone is 1. The van der Waals surface area contributed by atoms with Gasteiger partial charge >= 0.3 is 5.97 Å². The molecule has 0 radical (unpaired) electrons. The molecule has 1 aromatic carbocycles. The Labute approximate surface area is 230 Å². The number of anilines is 1. The number of amides is 2. The van der Waals surface area contributed by atoms with Crippen molar-refractivity contribution in [2.75, 3.05) is 31.2 Å². The topological polar surface area (TPSA) is 96.4 Å². The Morgan fingerprint density at radius 3 is 2.62 bits per heavy atom. The van der Waals surface area contributed by atoms with E-state index in [0.717, 1.165) is 36.1 Å². The lowest BCUT2D eigenvalue weighted by Gasteiger charge is -2.38. The van der Waals surface area contributed by atoms with Crippen LogP contribution in [0.4, 0.5) is 5.69 Å². The van der Waals surface area contributed by atoms with E-state index in [4.69, 9.17) is 9.47 Å². The normalized spacial score (nSPS) is 33.3. The van der Waals surface area contributed by atoms with Crippen molar-refractivity contribution < 1.29 is 29.0 Å². The molecule has 0 aliphatic carbocycles. The molecule has 2 saturated heterocycles. The number of carbonyl (C=O) groups excluding carboxylic acids is 3. The maximum absolute atomic E-state index is 14.6. The third kappa shape index (κ3) is 4.51. The Hall–Kier alpha value is -2.97. The van der Waals surface area contributed by atoms with Crippen molar-refractivity contribution in [2.24, 2.45) is 11.8 Å². The quantitative estimate of drug-likeness (QED) is 0.339. The molecule has 8 heteroatoms. The number of hydrogen-bond donors (Lipinski definition) is 1. The summed E-state index contributed by atoms with van der Waals surface area (Å²) in [4.78, 5) is 45.9. The second kappa shape index (κ2) is 10.9. The van der Waals surface area contributed by atoms with Gasteiger partial charge in [0.05, 0.1) is 12.5 Å². The molecule has 2 fully saturated rings. The Morgan fingerprint density at radius 2 is 1.85 bits per heavy atom. The molecule has 39 heavy (non-hydrogen) atoms. The van der Waals surface area contributed by atoms with Gasteiger partial charge in [0.25, 0.3) is 5.91 Å². The van der Waals surface area contributed by atoms with Crippen molar-refractivity contribution >= 4 is 23.5 Å². The second-order valence-corrected chi connectivity index (χ2v) is 11.3. The first kappa shape index (κ1) is 27.6. The summed E-state index contributed by atoms with van der Waals surface area (Å²) in [5.74, 6) is -2.67. The molecule has 0 saturated carbocycles. The Bertz CT molecular complexity index is 1190. The van der Waals surface area contributed by atoms with E-state index >= 15 is 0 Å². The van der Waals surface area contributed by atoms with E-state index in [1.165, 1.54) is 0 Å². The molecule has 2 amide bonds. The number of fused-ring (bicyclic) bond motifs is 2. The summed E-state index contributed by atoms with van der Waals surface area (Å²) in [7, 11) is 0. The molecular formula is C31H40N2O6. The van der Waals surface area contributed by atoms with Crippen molar-refractivity contribution in [3.63, 3.8) is 0 Å². The third-order valence-corrected chi connectivity index (χ3v) is 8.85. The third-order valence-electron chi connectivity index (χ3n) is 8.85. The number of benzene rings is 1. The van der Waals surface area contributed by atoms with Gasteiger partial charge in [-0.3, -0.25) is 14.4 Å². The second-order valence-electron chi connectivity index (χ2n) is 11.3. The van der Waals surface area contributed by atoms with Gasteiger partial charge in [-0.1, -0.05) is 43.4 Å². The lowest BCUT2D eigenvalue weighted by molar-refractivity contribution is -0.160. The van der Waals surface area contributed by atoms with Gasteiger partial charge in [-0.2, -0.15) is 0 Å². The number of carbonyl (C=O) groups is 3. The van der Waals surface area contributed by atoms with Crippen LogP contribution in [0.25, 0.3) is 0 Å². The molecule has 1 unspecified atom stereocenters. The molecule has 0 bridgehead atoms. The lowest BCUT2D eigenvalue weighted by Crippen LogP contribution is -2.56. The molecular weight excluding hydrogens is 496 g/mol. The maximum Gasteiger partial charge on any atom is 0.313 e. The van der Waals surface area contributed by atoms with Crippen LogP contribution in [0.2, 0.25) is 0 Å². The van der Waals surface area contributed by atoms with Gasteiger partial charge < -0.3 is 24.4 Å². The molecule has 1 N–H and O–H groups in total. The first-order valence-corrected chi connectivity index (χ1v) is 14.3. The average molecular weight is 537 g/mol. The maximum atomic E-state index is 14.6. The van der Waals surface area contributed by atoms with Crippen molar-refractivity contribution in [1.29, 1.82) is 0 Å². The number of aryl methyl sites for hydroxylation is 2. The monoisotopic (exact) mass is 536 g/mol. The van der Waals surface area contributed by atoms with Crippen LogP contribution in [0.15, 0.2) is 42.5 Å². The van der Waals surface area contributed by atoms with Crippen LogP contribution in [-0.4, -0.2) is 71.3 Å². The van der Waals surface area contributed by atoms with Crippen LogP contribution in [-0.2, 0) is 23.9 Å². The number of hydrogen-bond acceptors (Lipinski definition) is 6. The van der Waals surface area contributed by atoms with Crippen LogP contribution in [0.5, 0.6) is 0 Å². The van der Waals surface area contributed by atoms with Gasteiger partial charge in [0, 0.05) is 25.4 Å². The van der Waals surface area contributed by atoms with E-state index in [-0.39, 0.29) is 18.4 Å². The number of nitrogens with zero attached hydrogens (tertiary/aromatic N) is 2. The number of likely N-dealkylation sites (tertiary alicyclic amines) is 1. The highest BCUT2D eigenvalue weighted by atomic mass is 16.6. The summed E-state index contributed by atoms with van der Waals surface area (Å²) < 4.78 is 12.7. The van der Waals surface area contributed by atoms with Crippen LogP contribution in [0.3, 0.4) is 0 Å². The fourth-order valence-corrected chi connectivity index (χ4v) is 6.90. The minimum Gasteiger partial charge on any atom is -0.465 e. The largest absolute Gasteiger partial charge is 0.465 e. The SMILES string of the molecule is CC[C@@]12/C=C\CCCCOC(=O)[C@@H]1[C@H]1C(=O)N(CCCCO)C3C(=O)N(c4cc(C)ccc4C)CC=C[C@@]31O2. The summed E-state index contributed by atoms with van der Waals surface area (Å²) in [6.07, 6.45) is 11.8. The molecule has 4 aliphatic heterocycles. The summed E-state index contributed by atoms with van der Waals surface area (Å²) in [5.41, 5.74) is 0.437. The van der Waals surface area contributed by atoms with Crippen LogP contribution in [0.1, 0.15) is 56.6 Å². The summed E-state index contributed by atoms with van der Waals surface area (Å²) in [6, 6.07) is 5.07. The smallest absolute Gasteiger partial charge is 0.313 e. The number of ether oxygens (including phenoxy) is 2. The molecule has 210 valence electrons. The fourth-order valence-electron chi connectivity index (χ4n) is 6.90. The number of cyclic esters (lactones) is 1. The number of unbranched alkanes of at least 4 members (excludes halogenated alkanes) is 1. The minimum atomic E-state index is -1.31. The van der Waals surface area contributed by atoms with E-state index in [1.54, 1.807) is 9.80 Å². The molecule has 5 rings (SSSR count). The summed E-state index contributed by atoms with van der Waals surface area (Å²) in [6.45, 7) is 6.85. The van der Waals surface area contributed by atoms with E-state index in [0.29, 0.717) is 39.0 Å². The molecule has 0 aromatic heterocycles. The highest BCUT2D eigenvalue weighted by Crippen LogP contribution is 2.58. The number of aliphatic hydroxyl groups excluding tert-OH is 1. The number of esters is 1. The average Bonchev–Trinajstić information content (AvgIpc) is 3.27. The van der Waals surface area contributed by atoms with Crippen LogP contribution < -0.4 is 4.90 Å². The molecule has 8 nitrogen and oxygen atoms in total. The first-order chi connectivity index (χ1) is 18.8. The van der Waals surface area contributed by atoms with Crippen molar-refractivity contribution in [1.82, 2.24) is 4.90 Å². The van der Waals surface area contributed by atoms with Gasteiger partial charge in [-0.05, 0) is 69.6 Å². The molecule has 1 spiro atoms. The standard InChI is InChI=1S/C31H40N2O6/c1-4-30-14-7-5-6-10-19-38-29(37)25(30)24-27(35)33(16-8-9-18-34)26-28(36)32(17-11-15-31(24,26)39-30)23-20-21(2)12-13-22(23)3/h7,11-15,20,24-26,34H,4-6,8-10,16-19H2,1-3H3/b14-7-/t24-,25-,26?,30+,31-/m0/s1. The van der Waals surface area contributed by atoms with Gasteiger partial charge in [0.2, 0.25) is 5.91 Å². The summed E-state index contributed by atoms with van der Waals surface area (Å²) >= 11 is 0.